The summed E-state index contributed by atoms with van der Waals surface area (Å²) in [5, 5.41) is 93.9. The van der Waals surface area contributed by atoms with Crippen molar-refractivity contribution >= 4 is 29.6 Å². The SMILES string of the molecule is CC[C@@H]1O[C@H](CC)[C@@H]2C(=O)N(CCOCCN(Cc3cn(CCOCCO[C@@H]4OC(C(=O)O)[C@@H](O[C@H]5OC(C)[C@@H](O)[C@H](O)C5N)[C@H](O)C4O)nn3)C(=O)CCC(=O)NCCOCCC[C@@H]3OC[C@@H](O[C@H]4OC(C)[C@@H](O)[C@H](O)C4N)CC3O)C(=O)[C@@H]21. The Bertz CT molecular complexity index is 2270. The van der Waals surface area contributed by atoms with Crippen LogP contribution in [-0.2, 0) is 89.2 Å². The molecule has 0 spiro atoms. The molecule has 0 aromatic carbocycles. The highest BCUT2D eigenvalue weighted by atomic mass is 16.7. The first kappa shape index (κ1) is 68.4. The van der Waals surface area contributed by atoms with Crippen molar-refractivity contribution in [2.24, 2.45) is 23.3 Å². The number of amides is 4. The lowest BCUT2D eigenvalue weighted by Crippen LogP contribution is -2.66. The van der Waals surface area contributed by atoms with Gasteiger partial charge in [0.15, 0.2) is 25.0 Å². The second-order valence-corrected chi connectivity index (χ2v) is 22.2. The molecule has 0 bridgehead atoms. The Kier molecular flexibility index (Phi) is 26.1. The molecule has 7 rings (SSSR count). The van der Waals surface area contributed by atoms with Gasteiger partial charge in [-0.1, -0.05) is 19.1 Å². The smallest absolute Gasteiger partial charge is 0.335 e. The fourth-order valence-corrected chi connectivity index (χ4v) is 11.2. The topological polar surface area (TPSA) is 450 Å². The van der Waals surface area contributed by atoms with Crippen molar-refractivity contribution in [3.8, 4) is 0 Å². The standard InChI is InChI=1S/C53H88N8O24/c1-5-31-36-37(32(6-2)83-31)49(72)61(48(36)71)14-19-76-17-12-59(35(64)10-9-34(63)56-11-16-75-15-7-8-33-30(62)22-29(25-79-33)82-51-38(54)42(67)40(65)26(3)80-51)23-28-24-60(58-57-28)13-18-77-20-21-78-53-45(70)44(69)46(47(85-53)50(73)74)84-52-39(55)43(68)41(66)27(4)81-52/h24,26-27,29-33,36-47,51-53,62,65-70H,5-23,25,54-55H2,1-4H3,(H,56,63)(H,73,74)/t26?,27?,29-,30?,31-,32+,33-,36+,37-,38?,39?,40+,41+,42+,43+,44+,45?,46-,47?,51+,52+,53+/m0/s1. The Morgan fingerprint density at radius 2 is 1.34 bits per heavy atom. The van der Waals surface area contributed by atoms with E-state index >= 15 is 0 Å². The second-order valence-electron chi connectivity index (χ2n) is 22.2. The van der Waals surface area contributed by atoms with Crippen molar-refractivity contribution in [2.75, 3.05) is 72.5 Å². The molecule has 32 heteroatoms. The zero-order valence-corrected chi connectivity index (χ0v) is 48.4. The molecule has 6 aliphatic heterocycles. The number of carbonyl (C=O) groups excluding carboxylic acids is 4. The Labute approximate surface area is 491 Å². The molecule has 6 aliphatic rings. The third kappa shape index (κ3) is 17.6. The summed E-state index contributed by atoms with van der Waals surface area (Å²) in [7, 11) is 0. The van der Waals surface area contributed by atoms with Crippen LogP contribution in [0.4, 0.5) is 0 Å². The molecule has 1 aromatic heterocycles. The van der Waals surface area contributed by atoms with E-state index in [1.54, 1.807) is 13.1 Å². The van der Waals surface area contributed by atoms with Gasteiger partial charge in [-0.3, -0.25) is 24.1 Å². The Morgan fingerprint density at radius 3 is 1.98 bits per heavy atom. The van der Waals surface area contributed by atoms with E-state index < -0.39 is 128 Å². The van der Waals surface area contributed by atoms with Crippen LogP contribution in [0, 0.1) is 11.8 Å². The van der Waals surface area contributed by atoms with E-state index in [0.717, 1.165) is 0 Å². The first-order valence-electron chi connectivity index (χ1n) is 29.3. The lowest BCUT2D eigenvalue weighted by Gasteiger charge is -2.45. The Morgan fingerprint density at radius 1 is 0.718 bits per heavy atom. The van der Waals surface area contributed by atoms with E-state index in [9.17, 15) is 64.8 Å². The fourth-order valence-electron chi connectivity index (χ4n) is 11.2. The number of aliphatic hydroxyl groups is 7. The molecule has 0 saturated carbocycles. The molecule has 0 radical (unpaired) electrons. The highest BCUT2D eigenvalue weighted by molar-refractivity contribution is 6.06. The minimum Gasteiger partial charge on any atom is -0.479 e. The number of hydrogen-bond acceptors (Lipinski definition) is 27. The number of nitrogens with zero attached hydrogens (tertiary/aromatic N) is 5. The van der Waals surface area contributed by atoms with Gasteiger partial charge in [0.05, 0.1) is 139 Å². The van der Waals surface area contributed by atoms with E-state index in [1.807, 2.05) is 13.8 Å². The van der Waals surface area contributed by atoms with Crippen LogP contribution in [0.2, 0.25) is 0 Å². The molecule has 22 atom stereocenters. The summed E-state index contributed by atoms with van der Waals surface area (Å²) in [6.07, 6.45) is -16.8. The van der Waals surface area contributed by atoms with Gasteiger partial charge >= 0.3 is 5.97 Å². The first-order chi connectivity index (χ1) is 40.6. The summed E-state index contributed by atoms with van der Waals surface area (Å²) in [5.41, 5.74) is 12.3. The predicted octanol–water partition coefficient (Wildman–Crippen LogP) is -5.42. The number of rotatable bonds is 32. The number of aromatic nitrogens is 3. The minimum absolute atomic E-state index is 0.0172. The van der Waals surface area contributed by atoms with Crippen molar-refractivity contribution in [2.45, 2.75) is 208 Å². The average molecular weight is 1220 g/mol. The van der Waals surface area contributed by atoms with E-state index in [4.69, 9.17) is 63.6 Å². The molecular weight excluding hydrogens is 1130 g/mol. The van der Waals surface area contributed by atoms with Crippen molar-refractivity contribution in [1.29, 1.82) is 0 Å². The summed E-state index contributed by atoms with van der Waals surface area (Å²) in [4.78, 5) is 68.2. The molecule has 1 aromatic rings. The van der Waals surface area contributed by atoms with Gasteiger partial charge < -0.3 is 115 Å². The molecular formula is C53H88N8O24. The number of hydrogen-bond donors (Lipinski definition) is 11. The predicted molar refractivity (Wildman–Crippen MR) is 285 cm³/mol. The van der Waals surface area contributed by atoms with Gasteiger partial charge in [0.2, 0.25) is 23.6 Å². The van der Waals surface area contributed by atoms with Crippen molar-refractivity contribution in [3.05, 3.63) is 11.9 Å². The van der Waals surface area contributed by atoms with Crippen molar-refractivity contribution in [3.63, 3.8) is 0 Å². The van der Waals surface area contributed by atoms with Crippen LogP contribution in [0.1, 0.15) is 78.3 Å². The second kappa shape index (κ2) is 32.4. The minimum atomic E-state index is -1.86. The number of aliphatic carboxylic acids is 1. The van der Waals surface area contributed by atoms with Crippen LogP contribution in [0.3, 0.4) is 0 Å². The van der Waals surface area contributed by atoms with Crippen LogP contribution in [0.15, 0.2) is 6.20 Å². The maximum atomic E-state index is 13.7. The number of aliphatic hydroxyl groups excluding tert-OH is 7. The molecule has 7 heterocycles. The molecule has 85 heavy (non-hydrogen) atoms. The van der Waals surface area contributed by atoms with Crippen molar-refractivity contribution < 1.29 is 117 Å². The first-order valence-corrected chi connectivity index (χ1v) is 29.3. The summed E-state index contributed by atoms with van der Waals surface area (Å²) in [5.74, 6) is -3.94. The normalized spacial score (nSPS) is 36.8. The fraction of sp³-hybridized carbons (Fsp3) is 0.868. The maximum Gasteiger partial charge on any atom is 0.335 e. The number of nitrogens with two attached hydrogens (primary N) is 2. The average Bonchev–Trinajstić information content (AvgIpc) is 1.76. The molecule has 32 nitrogen and oxygen atoms in total. The third-order valence-corrected chi connectivity index (χ3v) is 16.2. The highest BCUT2D eigenvalue weighted by Gasteiger charge is 2.59. The molecule has 13 N–H and O–H groups in total. The molecule has 484 valence electrons. The zero-order chi connectivity index (χ0) is 61.6. The molecule has 6 fully saturated rings. The van der Waals surface area contributed by atoms with Gasteiger partial charge in [-0.2, -0.15) is 0 Å². The summed E-state index contributed by atoms with van der Waals surface area (Å²) in [6, 6.07) is -2.30. The van der Waals surface area contributed by atoms with Gasteiger partial charge in [0, 0.05) is 39.0 Å². The van der Waals surface area contributed by atoms with Gasteiger partial charge in [0.25, 0.3) is 0 Å². The summed E-state index contributed by atoms with van der Waals surface area (Å²) < 4.78 is 64.1. The van der Waals surface area contributed by atoms with E-state index in [2.05, 4.69) is 15.6 Å². The van der Waals surface area contributed by atoms with E-state index in [-0.39, 0.29) is 134 Å². The van der Waals surface area contributed by atoms with Crippen molar-refractivity contribution in [1.82, 2.24) is 30.1 Å². The number of fused-ring (bicyclic) bond motifs is 1. The van der Waals surface area contributed by atoms with Gasteiger partial charge in [-0.15, -0.1) is 5.10 Å². The van der Waals surface area contributed by atoms with Gasteiger partial charge in [-0.05, 0) is 39.5 Å². The molecule has 7 unspecified atom stereocenters. The van der Waals surface area contributed by atoms with E-state index in [0.29, 0.717) is 38.0 Å². The lowest BCUT2D eigenvalue weighted by atomic mass is 9.88. The molecule has 4 amide bonds. The number of nitrogens with one attached hydrogen (secondary N) is 1. The maximum absolute atomic E-state index is 13.7. The van der Waals surface area contributed by atoms with Crippen LogP contribution >= 0.6 is 0 Å². The third-order valence-electron chi connectivity index (χ3n) is 16.2. The largest absolute Gasteiger partial charge is 0.479 e. The van der Waals surface area contributed by atoms with E-state index in [1.165, 1.54) is 21.4 Å². The number of carboxylic acid groups (broad SMARTS) is 1. The number of carbonyl (C=O) groups is 5. The Hall–Kier alpha value is -4.11. The molecule has 0 aliphatic carbocycles. The summed E-state index contributed by atoms with van der Waals surface area (Å²) >= 11 is 0. The highest BCUT2D eigenvalue weighted by Crippen LogP contribution is 2.43. The van der Waals surface area contributed by atoms with Crippen LogP contribution in [-0.4, -0.2) is 290 Å². The van der Waals surface area contributed by atoms with Gasteiger partial charge in [0.1, 0.15) is 48.4 Å². The number of ether oxygens (including phenoxy) is 11. The summed E-state index contributed by atoms with van der Waals surface area (Å²) in [6.45, 7) is 7.85. The molecule has 6 saturated heterocycles. The van der Waals surface area contributed by atoms with Crippen LogP contribution in [0.5, 0.6) is 0 Å². The lowest BCUT2D eigenvalue weighted by molar-refractivity contribution is -0.337. The van der Waals surface area contributed by atoms with Crippen LogP contribution < -0.4 is 16.8 Å². The zero-order valence-electron chi connectivity index (χ0n) is 48.4. The van der Waals surface area contributed by atoms with Gasteiger partial charge in [-0.25, -0.2) is 9.48 Å². The van der Waals surface area contributed by atoms with Crippen LogP contribution in [0.25, 0.3) is 0 Å². The Balaban J connectivity index is 0.816. The monoisotopic (exact) mass is 1220 g/mol. The quantitative estimate of drug-likeness (QED) is 0.0237. The number of carboxylic acids is 1. The number of imide groups is 1. The number of likely N-dealkylation sites (tertiary alicyclic amines) is 1.